The van der Waals surface area contributed by atoms with E-state index in [4.69, 9.17) is 9.15 Å². The van der Waals surface area contributed by atoms with E-state index >= 15 is 0 Å². The average molecular weight is 435 g/mol. The lowest BCUT2D eigenvalue weighted by atomic mass is 9.77. The van der Waals surface area contributed by atoms with E-state index in [-0.39, 0.29) is 24.4 Å². The van der Waals surface area contributed by atoms with Crippen LogP contribution in [0.4, 0.5) is 13.6 Å². The summed E-state index contributed by atoms with van der Waals surface area (Å²) in [5.74, 6) is -0.107. The van der Waals surface area contributed by atoms with Gasteiger partial charge in [-0.2, -0.15) is 18.7 Å². The molecule has 0 aromatic carbocycles. The zero-order chi connectivity index (χ0) is 21.5. The number of amides is 2. The van der Waals surface area contributed by atoms with Crippen LogP contribution in [0.5, 0.6) is 0 Å². The van der Waals surface area contributed by atoms with Gasteiger partial charge in [0, 0.05) is 23.5 Å². The largest absolute Gasteiger partial charge is 0.477 e. The Bertz CT molecular complexity index is 966. The molecule has 3 saturated carbocycles. The molecule has 5 aliphatic rings. The molecule has 0 N–H and O–H groups in total. The van der Waals surface area contributed by atoms with Crippen molar-refractivity contribution in [2.45, 2.75) is 50.9 Å². The van der Waals surface area contributed by atoms with E-state index in [0.717, 1.165) is 25.7 Å². The van der Waals surface area contributed by atoms with Gasteiger partial charge in [0.2, 0.25) is 5.89 Å². The van der Waals surface area contributed by atoms with Gasteiger partial charge in [0.05, 0.1) is 18.8 Å². The Morgan fingerprint density at radius 3 is 2.97 bits per heavy atom. The van der Waals surface area contributed by atoms with Crippen LogP contribution in [-0.2, 0) is 14.4 Å². The van der Waals surface area contributed by atoms with Crippen molar-refractivity contribution >= 4 is 17.6 Å². The van der Waals surface area contributed by atoms with Gasteiger partial charge in [-0.3, -0.25) is 0 Å². The van der Waals surface area contributed by atoms with Crippen LogP contribution in [0.2, 0.25) is 0 Å². The number of carbonyl (C=O) groups excluding carboxylic acids is 2. The summed E-state index contributed by atoms with van der Waals surface area (Å²) in [6.45, 7) is 2.51. The smallest absolute Gasteiger partial charge is 0.455 e. The van der Waals surface area contributed by atoms with E-state index in [9.17, 15) is 18.4 Å². The molecule has 3 aliphatic carbocycles. The van der Waals surface area contributed by atoms with Crippen molar-refractivity contribution in [2.24, 2.45) is 23.2 Å². The number of carbonyl (C=O) groups is 2. The van der Waals surface area contributed by atoms with E-state index in [1.807, 2.05) is 0 Å². The number of oxazole rings is 1. The van der Waals surface area contributed by atoms with Crippen molar-refractivity contribution in [1.82, 2.24) is 14.9 Å². The lowest BCUT2D eigenvalue weighted by Crippen LogP contribution is -2.45. The minimum absolute atomic E-state index is 0.131. The molecule has 166 valence electrons. The Hall–Kier alpha value is -2.49. The predicted octanol–water partition coefficient (Wildman–Crippen LogP) is 3.07. The summed E-state index contributed by atoms with van der Waals surface area (Å²) in [7, 11) is 0. The van der Waals surface area contributed by atoms with Crippen molar-refractivity contribution in [3.8, 4) is 0 Å². The molecule has 6 atom stereocenters. The number of ether oxygens (including phenoxy) is 1. The summed E-state index contributed by atoms with van der Waals surface area (Å²) in [4.78, 5) is 34.9. The molecule has 1 aromatic heterocycles. The summed E-state index contributed by atoms with van der Waals surface area (Å²) in [6, 6.07) is -1.51. The van der Waals surface area contributed by atoms with Crippen molar-refractivity contribution in [2.75, 3.05) is 13.1 Å². The standard InChI is InChI=1S/C21H23F2N3O5/c1-11-4-12-5-15-16(20(15,7-11)8-12)30-18(27)21(22,23)31-26-14-6-13(17-24-2-3-29-17)9-25(10-14)19(26)28/h2-3,6,11-12,14-16H,4-5,7-10H2,1H3. The second-order valence-electron chi connectivity index (χ2n) is 9.71. The van der Waals surface area contributed by atoms with Gasteiger partial charge in [-0.15, -0.1) is 0 Å². The molecule has 8 nitrogen and oxygen atoms in total. The van der Waals surface area contributed by atoms with Crippen molar-refractivity contribution in [1.29, 1.82) is 0 Å². The number of halogens is 2. The highest BCUT2D eigenvalue weighted by Crippen LogP contribution is 2.73. The van der Waals surface area contributed by atoms with E-state index in [0.29, 0.717) is 28.4 Å². The maximum absolute atomic E-state index is 14.7. The Morgan fingerprint density at radius 2 is 2.19 bits per heavy atom. The highest BCUT2D eigenvalue weighted by Gasteiger charge is 2.73. The molecule has 31 heavy (non-hydrogen) atoms. The third-order valence-corrected chi connectivity index (χ3v) is 7.60. The third-order valence-electron chi connectivity index (χ3n) is 7.60. The average Bonchev–Trinajstić information content (AvgIpc) is 3.15. The van der Waals surface area contributed by atoms with E-state index < -0.39 is 30.3 Å². The molecule has 2 aliphatic heterocycles. The van der Waals surface area contributed by atoms with Gasteiger partial charge >= 0.3 is 18.1 Å². The maximum atomic E-state index is 14.7. The molecule has 1 spiro atoms. The van der Waals surface area contributed by atoms with Gasteiger partial charge in [-0.25, -0.2) is 14.6 Å². The second kappa shape index (κ2) is 6.27. The van der Waals surface area contributed by atoms with E-state index in [2.05, 4.69) is 16.7 Å². The van der Waals surface area contributed by atoms with Gasteiger partial charge in [0.1, 0.15) is 12.4 Å². The van der Waals surface area contributed by atoms with Crippen LogP contribution in [-0.4, -0.2) is 58.3 Å². The normalized spacial score (nSPS) is 38.2. The highest BCUT2D eigenvalue weighted by atomic mass is 19.3. The number of rotatable bonds is 5. The number of hydrogen-bond acceptors (Lipinski definition) is 6. The number of esters is 1. The number of urea groups is 1. The van der Waals surface area contributed by atoms with Gasteiger partial charge in [0.25, 0.3) is 0 Å². The zero-order valence-corrected chi connectivity index (χ0v) is 17.0. The van der Waals surface area contributed by atoms with Crippen LogP contribution in [0.25, 0.3) is 5.57 Å². The first-order valence-corrected chi connectivity index (χ1v) is 10.7. The molecular weight excluding hydrogens is 412 g/mol. The lowest BCUT2D eigenvalue weighted by Gasteiger charge is -2.30. The first-order valence-electron chi connectivity index (χ1n) is 10.7. The Morgan fingerprint density at radius 1 is 1.35 bits per heavy atom. The number of hydroxylamine groups is 2. The molecule has 2 amide bonds. The van der Waals surface area contributed by atoms with Crippen molar-refractivity contribution in [3.05, 3.63) is 24.4 Å². The molecule has 4 fully saturated rings. The van der Waals surface area contributed by atoms with Crippen molar-refractivity contribution in [3.63, 3.8) is 0 Å². The molecule has 1 saturated heterocycles. The maximum Gasteiger partial charge on any atom is 0.477 e. The Kier molecular flexibility index (Phi) is 3.89. The summed E-state index contributed by atoms with van der Waals surface area (Å²) in [5.41, 5.74) is 0.463. The topological polar surface area (TPSA) is 85.1 Å². The molecule has 10 heteroatoms. The molecule has 1 aromatic rings. The summed E-state index contributed by atoms with van der Waals surface area (Å²) in [5, 5.41) is 0.557. The lowest BCUT2D eigenvalue weighted by molar-refractivity contribution is -0.327. The molecule has 6 rings (SSSR count). The van der Waals surface area contributed by atoms with Gasteiger partial charge in [-0.05, 0) is 43.6 Å². The number of hydrogen-bond donors (Lipinski definition) is 0. The van der Waals surface area contributed by atoms with Gasteiger partial charge in [-0.1, -0.05) is 6.92 Å². The van der Waals surface area contributed by atoms with Gasteiger partial charge in [0.15, 0.2) is 0 Å². The molecular formula is C21H23F2N3O5. The number of aromatic nitrogens is 1. The predicted molar refractivity (Wildman–Crippen MR) is 100 cm³/mol. The summed E-state index contributed by atoms with van der Waals surface area (Å²) in [6.07, 6.45) is 3.69. The minimum Gasteiger partial charge on any atom is -0.455 e. The molecule has 4 bridgehead atoms. The minimum atomic E-state index is -4.25. The van der Waals surface area contributed by atoms with Crippen LogP contribution in [0.15, 0.2) is 23.0 Å². The third kappa shape index (κ3) is 2.83. The van der Waals surface area contributed by atoms with Crippen molar-refractivity contribution < 1.29 is 32.4 Å². The van der Waals surface area contributed by atoms with E-state index in [1.54, 1.807) is 6.08 Å². The Balaban J connectivity index is 1.14. The highest BCUT2D eigenvalue weighted by molar-refractivity contribution is 5.82. The van der Waals surface area contributed by atoms with Crippen LogP contribution >= 0.6 is 0 Å². The Labute approximate surface area is 177 Å². The number of alkyl halides is 2. The monoisotopic (exact) mass is 435 g/mol. The van der Waals surface area contributed by atoms with Crippen LogP contribution in [0.1, 0.15) is 38.5 Å². The fourth-order valence-corrected chi connectivity index (χ4v) is 6.55. The van der Waals surface area contributed by atoms with Crippen LogP contribution in [0, 0.1) is 23.2 Å². The second-order valence-corrected chi connectivity index (χ2v) is 9.71. The molecule has 3 heterocycles. The van der Waals surface area contributed by atoms with E-state index in [1.165, 1.54) is 17.4 Å². The first-order chi connectivity index (χ1) is 14.8. The number of fused-ring (bicyclic) bond motifs is 3. The summed E-state index contributed by atoms with van der Waals surface area (Å²) >= 11 is 0. The summed E-state index contributed by atoms with van der Waals surface area (Å²) < 4.78 is 39.8. The van der Waals surface area contributed by atoms with Crippen LogP contribution < -0.4 is 0 Å². The quantitative estimate of drug-likeness (QED) is 0.661. The van der Waals surface area contributed by atoms with Gasteiger partial charge < -0.3 is 14.1 Å². The fraction of sp³-hybridized carbons (Fsp3) is 0.667. The van der Waals surface area contributed by atoms with Crippen LogP contribution in [0.3, 0.4) is 0 Å². The number of nitrogens with zero attached hydrogens (tertiary/aromatic N) is 3. The fourth-order valence-electron chi connectivity index (χ4n) is 6.55. The first kappa shape index (κ1) is 19.2. The SMILES string of the molecule is CC1CC2CC3C(OC(=O)C(F)(F)ON4C(=O)N5CC(c6ncco6)=CC4C5)C3(C1)C2. The molecule has 6 unspecified atom stereocenters. The molecule has 0 radical (unpaired) electrons. The zero-order valence-electron chi connectivity index (χ0n) is 17.0.